The molecule has 0 radical (unpaired) electrons. The molecule has 4 nitrogen and oxygen atoms in total. The maximum atomic E-state index is 7.28. The van der Waals surface area contributed by atoms with Crippen LogP contribution in [-0.2, 0) is 4.74 Å². The number of hydrogen-bond donors (Lipinski definition) is 2. The van der Waals surface area contributed by atoms with E-state index in [4.69, 9.17) is 20.6 Å². The molecule has 3 N–H and O–H groups in total. The van der Waals surface area contributed by atoms with Gasteiger partial charge in [0.1, 0.15) is 18.5 Å². The average Bonchev–Trinajstić information content (AvgIpc) is 2.50. The zero-order valence-electron chi connectivity index (χ0n) is 11.4. The van der Waals surface area contributed by atoms with Gasteiger partial charge >= 0.3 is 0 Å². The van der Waals surface area contributed by atoms with E-state index in [1.807, 2.05) is 30.3 Å². The second kappa shape index (κ2) is 6.73. The highest BCUT2D eigenvalue weighted by Gasteiger charge is 2.11. The molecule has 2 aromatic rings. The molecule has 104 valence electrons. The highest BCUT2D eigenvalue weighted by Crippen LogP contribution is 2.21. The third-order valence-corrected chi connectivity index (χ3v) is 3.07. The number of nitrogens with two attached hydrogens (primary N) is 1. The van der Waals surface area contributed by atoms with Crippen LogP contribution in [0.3, 0.4) is 0 Å². The Morgan fingerprint density at radius 1 is 1.20 bits per heavy atom. The molecule has 0 heterocycles. The molecular weight excluding hydrogens is 252 g/mol. The van der Waals surface area contributed by atoms with Gasteiger partial charge in [-0.1, -0.05) is 30.3 Å². The molecule has 2 rings (SSSR count). The predicted molar refractivity (Wildman–Crippen MR) is 80.4 cm³/mol. The number of methoxy groups -OCH3 is 1. The van der Waals surface area contributed by atoms with Crippen LogP contribution in [0.4, 0.5) is 5.69 Å². The first-order chi connectivity index (χ1) is 9.74. The van der Waals surface area contributed by atoms with Crippen LogP contribution in [0.25, 0.3) is 0 Å². The topological polar surface area (TPSA) is 68.3 Å². The Morgan fingerprint density at radius 3 is 2.60 bits per heavy atom. The summed E-state index contributed by atoms with van der Waals surface area (Å²) in [6.07, 6.45) is 1.09. The van der Waals surface area contributed by atoms with Crippen LogP contribution in [0.15, 0.2) is 48.5 Å². The molecule has 0 bridgehead atoms. The molecule has 0 saturated heterocycles. The predicted octanol–water partition coefficient (Wildman–Crippen LogP) is 3.03. The van der Waals surface area contributed by atoms with Crippen LogP contribution in [0.2, 0.25) is 0 Å². The SMILES string of the molecule is COC(COc1ccc(N)c(C=N)c1)c1ccccc1. The minimum absolute atomic E-state index is 0.128. The van der Waals surface area contributed by atoms with E-state index < -0.39 is 0 Å². The summed E-state index contributed by atoms with van der Waals surface area (Å²) in [6, 6.07) is 15.2. The normalized spacial score (nSPS) is 11.8. The number of anilines is 1. The number of ether oxygens (including phenoxy) is 2. The molecule has 0 aliphatic rings. The van der Waals surface area contributed by atoms with E-state index >= 15 is 0 Å². The quantitative estimate of drug-likeness (QED) is 0.626. The largest absolute Gasteiger partial charge is 0.490 e. The summed E-state index contributed by atoms with van der Waals surface area (Å²) in [6.45, 7) is 0.405. The van der Waals surface area contributed by atoms with Gasteiger partial charge in [0.25, 0.3) is 0 Å². The van der Waals surface area contributed by atoms with Crippen LogP contribution >= 0.6 is 0 Å². The number of hydrogen-bond acceptors (Lipinski definition) is 4. The lowest BCUT2D eigenvalue weighted by Gasteiger charge is -2.17. The Balaban J connectivity index is 2.05. The van der Waals surface area contributed by atoms with Gasteiger partial charge in [-0.2, -0.15) is 0 Å². The van der Waals surface area contributed by atoms with E-state index in [0.717, 1.165) is 5.56 Å². The highest BCUT2D eigenvalue weighted by molar-refractivity contribution is 5.85. The van der Waals surface area contributed by atoms with Gasteiger partial charge in [0.2, 0.25) is 0 Å². The molecule has 20 heavy (non-hydrogen) atoms. The maximum absolute atomic E-state index is 7.28. The average molecular weight is 270 g/mol. The lowest BCUT2D eigenvalue weighted by Crippen LogP contribution is -2.12. The maximum Gasteiger partial charge on any atom is 0.120 e. The number of benzene rings is 2. The van der Waals surface area contributed by atoms with E-state index in [1.165, 1.54) is 6.21 Å². The van der Waals surface area contributed by atoms with Gasteiger partial charge in [-0.15, -0.1) is 0 Å². The fourth-order valence-corrected chi connectivity index (χ4v) is 1.91. The first-order valence-corrected chi connectivity index (χ1v) is 6.35. The molecule has 0 aliphatic heterocycles. The molecule has 0 spiro atoms. The minimum Gasteiger partial charge on any atom is -0.490 e. The number of nitrogens with one attached hydrogen (secondary N) is 1. The van der Waals surface area contributed by atoms with Crippen LogP contribution in [0.1, 0.15) is 17.2 Å². The molecule has 0 aliphatic carbocycles. The summed E-state index contributed by atoms with van der Waals surface area (Å²) < 4.78 is 11.2. The van der Waals surface area contributed by atoms with Crippen molar-refractivity contribution in [1.82, 2.24) is 0 Å². The third kappa shape index (κ3) is 3.36. The molecule has 0 saturated carbocycles. The Bertz CT molecular complexity index is 570. The number of nitrogen functional groups attached to an aromatic ring is 1. The van der Waals surface area contributed by atoms with Crippen LogP contribution in [0.5, 0.6) is 5.75 Å². The van der Waals surface area contributed by atoms with Crippen molar-refractivity contribution >= 4 is 11.9 Å². The standard InChI is InChI=1S/C16H18N2O2/c1-19-16(12-5-3-2-4-6-12)11-20-14-7-8-15(18)13(9-14)10-17/h2-10,16-17H,11,18H2,1H3. The van der Waals surface area contributed by atoms with Crippen molar-refractivity contribution in [1.29, 1.82) is 5.41 Å². The summed E-state index contributed by atoms with van der Waals surface area (Å²) in [5.41, 5.74) is 8.03. The zero-order chi connectivity index (χ0) is 14.4. The molecule has 4 heteroatoms. The molecule has 0 amide bonds. The molecule has 0 aromatic heterocycles. The first kappa shape index (κ1) is 14.1. The summed E-state index contributed by atoms with van der Waals surface area (Å²) in [4.78, 5) is 0. The summed E-state index contributed by atoms with van der Waals surface area (Å²) in [5, 5.41) is 7.28. The molecule has 1 unspecified atom stereocenters. The van der Waals surface area contributed by atoms with Gasteiger partial charge in [0.05, 0.1) is 0 Å². The van der Waals surface area contributed by atoms with Crippen molar-refractivity contribution in [2.45, 2.75) is 6.10 Å². The second-order valence-electron chi connectivity index (χ2n) is 4.38. The van der Waals surface area contributed by atoms with Crippen LogP contribution in [0, 0.1) is 5.41 Å². The summed E-state index contributed by atoms with van der Waals surface area (Å²) in [7, 11) is 1.66. The number of rotatable bonds is 6. The van der Waals surface area contributed by atoms with E-state index in [-0.39, 0.29) is 6.10 Å². The Kier molecular flexibility index (Phi) is 4.74. The van der Waals surface area contributed by atoms with Gasteiger partial charge in [-0.25, -0.2) is 0 Å². The van der Waals surface area contributed by atoms with Crippen molar-refractivity contribution in [3.63, 3.8) is 0 Å². The Morgan fingerprint density at radius 2 is 1.95 bits per heavy atom. The van der Waals surface area contributed by atoms with Gasteiger partial charge in [-0.05, 0) is 23.8 Å². The second-order valence-corrected chi connectivity index (χ2v) is 4.38. The van der Waals surface area contributed by atoms with Crippen molar-refractivity contribution in [3.8, 4) is 5.75 Å². The van der Waals surface area contributed by atoms with Crippen LogP contribution < -0.4 is 10.5 Å². The lowest BCUT2D eigenvalue weighted by molar-refractivity contribution is 0.0576. The molecule has 1 atom stereocenters. The van der Waals surface area contributed by atoms with E-state index in [9.17, 15) is 0 Å². The van der Waals surface area contributed by atoms with E-state index in [2.05, 4.69) is 0 Å². The minimum atomic E-state index is -0.128. The Labute approximate surface area is 118 Å². The summed E-state index contributed by atoms with van der Waals surface area (Å²) >= 11 is 0. The molecule has 0 fully saturated rings. The van der Waals surface area contributed by atoms with Crippen molar-refractivity contribution in [2.24, 2.45) is 0 Å². The fourth-order valence-electron chi connectivity index (χ4n) is 1.91. The van der Waals surface area contributed by atoms with E-state index in [0.29, 0.717) is 23.6 Å². The first-order valence-electron chi connectivity index (χ1n) is 6.35. The monoisotopic (exact) mass is 270 g/mol. The highest BCUT2D eigenvalue weighted by atomic mass is 16.5. The fraction of sp³-hybridized carbons (Fsp3) is 0.188. The van der Waals surface area contributed by atoms with E-state index in [1.54, 1.807) is 25.3 Å². The van der Waals surface area contributed by atoms with Gasteiger partial charge in [0.15, 0.2) is 0 Å². The summed E-state index contributed by atoms with van der Waals surface area (Å²) in [5.74, 6) is 0.677. The van der Waals surface area contributed by atoms with Crippen molar-refractivity contribution < 1.29 is 9.47 Å². The van der Waals surface area contributed by atoms with Crippen molar-refractivity contribution in [2.75, 3.05) is 19.5 Å². The molecular formula is C16H18N2O2. The van der Waals surface area contributed by atoms with Gasteiger partial charge in [0, 0.05) is 24.6 Å². The molecule has 2 aromatic carbocycles. The third-order valence-electron chi connectivity index (χ3n) is 3.07. The van der Waals surface area contributed by atoms with Crippen molar-refractivity contribution in [3.05, 3.63) is 59.7 Å². The van der Waals surface area contributed by atoms with Gasteiger partial charge in [-0.3, -0.25) is 0 Å². The zero-order valence-corrected chi connectivity index (χ0v) is 11.4. The lowest BCUT2D eigenvalue weighted by atomic mass is 10.1. The smallest absolute Gasteiger partial charge is 0.120 e. The Hall–Kier alpha value is -2.33. The van der Waals surface area contributed by atoms with Crippen LogP contribution in [-0.4, -0.2) is 19.9 Å². The van der Waals surface area contributed by atoms with Gasteiger partial charge < -0.3 is 20.6 Å².